The van der Waals surface area contributed by atoms with E-state index in [1.807, 2.05) is 0 Å². The van der Waals surface area contributed by atoms with Crippen LogP contribution in [0.15, 0.2) is 25.3 Å². The van der Waals surface area contributed by atoms with Crippen molar-refractivity contribution in [2.45, 2.75) is 18.9 Å². The number of carbonyl (C=O) groups excluding carboxylic acids is 2. The molecular formula is C9H12O3. The first-order valence-corrected chi connectivity index (χ1v) is 3.62. The standard InChI is InChI=1S/C9H12O3/c1-3-5-8(6-4-2)12-9(11)7-10/h3-4,7-8H,1-2,5-6H2. The summed E-state index contributed by atoms with van der Waals surface area (Å²) in [6.45, 7) is 7.00. The first-order valence-electron chi connectivity index (χ1n) is 3.62. The van der Waals surface area contributed by atoms with Gasteiger partial charge in [-0.2, -0.15) is 0 Å². The third kappa shape index (κ3) is 4.44. The fourth-order valence-electron chi connectivity index (χ4n) is 0.756. The quantitative estimate of drug-likeness (QED) is 0.259. The van der Waals surface area contributed by atoms with Gasteiger partial charge in [-0.05, 0) is 0 Å². The molecule has 0 spiro atoms. The summed E-state index contributed by atoms with van der Waals surface area (Å²) in [6.07, 6.45) is 4.17. The monoisotopic (exact) mass is 168 g/mol. The molecular weight excluding hydrogens is 156 g/mol. The summed E-state index contributed by atoms with van der Waals surface area (Å²) < 4.78 is 4.73. The predicted molar refractivity (Wildman–Crippen MR) is 45.6 cm³/mol. The van der Waals surface area contributed by atoms with Crippen LogP contribution in [-0.2, 0) is 14.3 Å². The van der Waals surface area contributed by atoms with E-state index in [4.69, 9.17) is 4.74 Å². The maximum atomic E-state index is 10.5. The topological polar surface area (TPSA) is 43.4 Å². The highest BCUT2D eigenvalue weighted by Gasteiger charge is 2.09. The van der Waals surface area contributed by atoms with Gasteiger partial charge in [0.05, 0.1) is 0 Å². The maximum Gasteiger partial charge on any atom is 0.371 e. The van der Waals surface area contributed by atoms with Crippen LogP contribution in [0.4, 0.5) is 0 Å². The predicted octanol–water partition coefficient (Wildman–Crippen LogP) is 1.25. The van der Waals surface area contributed by atoms with Gasteiger partial charge in [-0.25, -0.2) is 4.79 Å². The summed E-state index contributed by atoms with van der Waals surface area (Å²) in [5.74, 6) is -0.844. The molecule has 0 rings (SSSR count). The van der Waals surface area contributed by atoms with Crippen molar-refractivity contribution in [3.63, 3.8) is 0 Å². The molecule has 0 aliphatic heterocycles. The molecule has 0 saturated carbocycles. The van der Waals surface area contributed by atoms with Crippen molar-refractivity contribution in [3.05, 3.63) is 25.3 Å². The van der Waals surface area contributed by atoms with Gasteiger partial charge in [-0.15, -0.1) is 13.2 Å². The molecule has 0 heterocycles. The normalized spacial score (nSPS) is 9.08. The molecule has 0 aliphatic rings. The van der Waals surface area contributed by atoms with Crippen molar-refractivity contribution in [1.29, 1.82) is 0 Å². The van der Waals surface area contributed by atoms with Gasteiger partial charge in [0.15, 0.2) is 0 Å². The van der Waals surface area contributed by atoms with Crippen LogP contribution in [0.2, 0.25) is 0 Å². The summed E-state index contributed by atoms with van der Waals surface area (Å²) in [4.78, 5) is 20.4. The van der Waals surface area contributed by atoms with Gasteiger partial charge in [0.2, 0.25) is 6.29 Å². The molecule has 3 heteroatoms. The third-order valence-corrected chi connectivity index (χ3v) is 1.24. The lowest BCUT2D eigenvalue weighted by Crippen LogP contribution is -2.17. The van der Waals surface area contributed by atoms with E-state index in [1.54, 1.807) is 12.2 Å². The van der Waals surface area contributed by atoms with Crippen LogP contribution in [0.1, 0.15) is 12.8 Å². The van der Waals surface area contributed by atoms with E-state index in [0.29, 0.717) is 12.8 Å². The van der Waals surface area contributed by atoms with E-state index in [1.165, 1.54) is 0 Å². The minimum atomic E-state index is -0.844. The van der Waals surface area contributed by atoms with Crippen molar-refractivity contribution >= 4 is 12.3 Å². The minimum Gasteiger partial charge on any atom is -0.456 e. The Balaban J connectivity index is 3.91. The van der Waals surface area contributed by atoms with Gasteiger partial charge in [-0.1, -0.05) is 12.2 Å². The van der Waals surface area contributed by atoms with Crippen LogP contribution in [-0.4, -0.2) is 18.4 Å². The number of carbonyl (C=O) groups is 2. The molecule has 0 aromatic carbocycles. The van der Waals surface area contributed by atoms with Gasteiger partial charge >= 0.3 is 5.97 Å². The van der Waals surface area contributed by atoms with Crippen LogP contribution >= 0.6 is 0 Å². The molecule has 0 atom stereocenters. The second-order valence-corrected chi connectivity index (χ2v) is 2.23. The van der Waals surface area contributed by atoms with E-state index in [0.717, 1.165) is 0 Å². The van der Waals surface area contributed by atoms with Crippen LogP contribution < -0.4 is 0 Å². The van der Waals surface area contributed by atoms with Gasteiger partial charge < -0.3 is 4.74 Å². The lowest BCUT2D eigenvalue weighted by molar-refractivity contribution is -0.152. The maximum absolute atomic E-state index is 10.5. The van der Waals surface area contributed by atoms with E-state index >= 15 is 0 Å². The van der Waals surface area contributed by atoms with Gasteiger partial charge in [0.25, 0.3) is 0 Å². The van der Waals surface area contributed by atoms with Gasteiger partial charge in [0.1, 0.15) is 6.10 Å². The molecule has 66 valence electrons. The van der Waals surface area contributed by atoms with Crippen molar-refractivity contribution in [3.8, 4) is 0 Å². The fraction of sp³-hybridized carbons (Fsp3) is 0.333. The number of rotatable bonds is 6. The SMILES string of the molecule is C=CCC(CC=C)OC(=O)C=O. The Morgan fingerprint density at radius 1 is 1.33 bits per heavy atom. The number of hydrogen-bond donors (Lipinski definition) is 0. The van der Waals surface area contributed by atoms with Crippen LogP contribution in [0.3, 0.4) is 0 Å². The molecule has 0 fully saturated rings. The molecule has 0 unspecified atom stereocenters. The summed E-state index contributed by atoms with van der Waals surface area (Å²) in [5.41, 5.74) is 0. The number of esters is 1. The molecule has 0 aliphatic carbocycles. The summed E-state index contributed by atoms with van der Waals surface area (Å²) in [5, 5.41) is 0. The van der Waals surface area contributed by atoms with E-state index in [9.17, 15) is 9.59 Å². The molecule has 0 amide bonds. The van der Waals surface area contributed by atoms with Crippen LogP contribution in [0, 0.1) is 0 Å². The molecule has 3 nitrogen and oxygen atoms in total. The van der Waals surface area contributed by atoms with E-state index in [-0.39, 0.29) is 12.4 Å². The summed E-state index contributed by atoms with van der Waals surface area (Å²) >= 11 is 0. The molecule has 0 radical (unpaired) electrons. The smallest absolute Gasteiger partial charge is 0.371 e. The number of aldehydes is 1. The van der Waals surface area contributed by atoms with Crippen molar-refractivity contribution in [2.75, 3.05) is 0 Å². The first-order chi connectivity index (χ1) is 5.74. The van der Waals surface area contributed by atoms with Crippen molar-refractivity contribution < 1.29 is 14.3 Å². The molecule has 0 bridgehead atoms. The van der Waals surface area contributed by atoms with E-state index < -0.39 is 5.97 Å². The zero-order valence-corrected chi connectivity index (χ0v) is 6.86. The molecule has 0 aromatic heterocycles. The minimum absolute atomic E-state index is 0.152. The average molecular weight is 168 g/mol. The number of ether oxygens (including phenoxy) is 1. The Bertz CT molecular complexity index is 174. The highest BCUT2D eigenvalue weighted by Crippen LogP contribution is 2.04. The van der Waals surface area contributed by atoms with Crippen molar-refractivity contribution in [2.24, 2.45) is 0 Å². The highest BCUT2D eigenvalue weighted by molar-refractivity contribution is 6.20. The molecule has 0 saturated heterocycles. The fourth-order valence-corrected chi connectivity index (χ4v) is 0.756. The molecule has 12 heavy (non-hydrogen) atoms. The first kappa shape index (κ1) is 10.6. The second kappa shape index (κ2) is 6.34. The van der Waals surface area contributed by atoms with Gasteiger partial charge in [0, 0.05) is 12.8 Å². The zero-order chi connectivity index (χ0) is 9.40. The van der Waals surface area contributed by atoms with Crippen molar-refractivity contribution in [1.82, 2.24) is 0 Å². The Labute approximate surface area is 71.7 Å². The lowest BCUT2D eigenvalue weighted by Gasteiger charge is -2.11. The molecule has 0 N–H and O–H groups in total. The van der Waals surface area contributed by atoms with Crippen LogP contribution in [0.5, 0.6) is 0 Å². The van der Waals surface area contributed by atoms with E-state index in [2.05, 4.69) is 13.2 Å². The zero-order valence-electron chi connectivity index (χ0n) is 6.86. The largest absolute Gasteiger partial charge is 0.456 e. The van der Waals surface area contributed by atoms with Crippen LogP contribution in [0.25, 0.3) is 0 Å². The lowest BCUT2D eigenvalue weighted by atomic mass is 10.2. The molecule has 0 aromatic rings. The Morgan fingerprint density at radius 3 is 2.17 bits per heavy atom. The Kier molecular flexibility index (Phi) is 5.61. The summed E-state index contributed by atoms with van der Waals surface area (Å²) in [7, 11) is 0. The third-order valence-electron chi connectivity index (χ3n) is 1.24. The average Bonchev–Trinajstić information content (AvgIpc) is 2.05. The highest BCUT2D eigenvalue weighted by atomic mass is 16.5. The second-order valence-electron chi connectivity index (χ2n) is 2.23. The Morgan fingerprint density at radius 2 is 1.83 bits per heavy atom. The van der Waals surface area contributed by atoms with Gasteiger partial charge in [-0.3, -0.25) is 4.79 Å². The summed E-state index contributed by atoms with van der Waals surface area (Å²) in [6, 6.07) is 0. The Hall–Kier alpha value is -1.38. The number of hydrogen-bond acceptors (Lipinski definition) is 3.